The fourth-order valence-corrected chi connectivity index (χ4v) is 1.54. The van der Waals surface area contributed by atoms with Gasteiger partial charge in [-0.15, -0.1) is 0 Å². The lowest BCUT2D eigenvalue weighted by molar-refractivity contribution is -0.143. The van der Waals surface area contributed by atoms with Crippen LogP contribution in [0.4, 0.5) is 0 Å². The highest BCUT2D eigenvalue weighted by atomic mass is 16.4. The van der Waals surface area contributed by atoms with Gasteiger partial charge in [0.25, 0.3) is 5.91 Å². The number of carboxylic acids is 1. The van der Waals surface area contributed by atoms with Crippen LogP contribution in [0, 0.1) is 12.3 Å². The van der Waals surface area contributed by atoms with E-state index in [2.05, 4.69) is 15.5 Å². The summed E-state index contributed by atoms with van der Waals surface area (Å²) in [5.41, 5.74) is 0.409. The number of aryl methyl sites for hydroxylation is 1. The largest absolute Gasteiger partial charge is 0.481 e. The predicted molar refractivity (Wildman–Crippen MR) is 55.0 cm³/mol. The van der Waals surface area contributed by atoms with E-state index in [0.717, 1.165) is 0 Å². The zero-order valence-electron chi connectivity index (χ0n) is 8.91. The van der Waals surface area contributed by atoms with Crippen molar-refractivity contribution in [2.45, 2.75) is 19.8 Å². The summed E-state index contributed by atoms with van der Waals surface area (Å²) in [7, 11) is 0. The molecule has 0 bridgehead atoms. The molecular weight excluding hydrogens is 210 g/mol. The third-order valence-electron chi connectivity index (χ3n) is 2.97. The molecule has 0 saturated heterocycles. The molecule has 1 amide bonds. The van der Waals surface area contributed by atoms with E-state index in [1.807, 2.05) is 0 Å². The fourth-order valence-electron chi connectivity index (χ4n) is 1.54. The first-order chi connectivity index (χ1) is 7.55. The molecule has 0 aliphatic heterocycles. The number of nitrogens with zero attached hydrogens (tertiary/aromatic N) is 1. The topological polar surface area (TPSA) is 95.1 Å². The summed E-state index contributed by atoms with van der Waals surface area (Å²) in [5, 5.41) is 18.0. The van der Waals surface area contributed by atoms with Crippen LogP contribution < -0.4 is 5.32 Å². The lowest BCUT2D eigenvalue weighted by atomic mass is 10.1. The van der Waals surface area contributed by atoms with E-state index in [1.165, 1.54) is 6.20 Å². The Kier molecular flexibility index (Phi) is 2.41. The van der Waals surface area contributed by atoms with Gasteiger partial charge >= 0.3 is 5.97 Å². The van der Waals surface area contributed by atoms with Crippen molar-refractivity contribution in [2.24, 2.45) is 5.41 Å². The van der Waals surface area contributed by atoms with E-state index in [1.54, 1.807) is 6.92 Å². The number of rotatable bonds is 4. The molecule has 0 unspecified atom stereocenters. The maximum absolute atomic E-state index is 11.7. The lowest BCUT2D eigenvalue weighted by Gasteiger charge is -2.10. The normalized spacial score (nSPS) is 16.8. The molecule has 1 saturated carbocycles. The van der Waals surface area contributed by atoms with Crippen molar-refractivity contribution in [3.05, 3.63) is 17.5 Å². The van der Waals surface area contributed by atoms with Gasteiger partial charge in [0.15, 0.2) is 0 Å². The quantitative estimate of drug-likeness (QED) is 0.684. The van der Waals surface area contributed by atoms with Crippen LogP contribution in [0.1, 0.15) is 28.9 Å². The van der Waals surface area contributed by atoms with Crippen LogP contribution in [-0.2, 0) is 4.79 Å². The van der Waals surface area contributed by atoms with Gasteiger partial charge in [0, 0.05) is 12.2 Å². The summed E-state index contributed by atoms with van der Waals surface area (Å²) in [5.74, 6) is -1.12. The minimum atomic E-state index is -0.836. The van der Waals surface area contributed by atoms with Gasteiger partial charge in [0.05, 0.1) is 17.2 Å². The number of carboxylic acid groups (broad SMARTS) is 1. The molecule has 1 heterocycles. The summed E-state index contributed by atoms with van der Waals surface area (Å²) < 4.78 is 0. The van der Waals surface area contributed by atoms with Crippen molar-refractivity contribution >= 4 is 11.9 Å². The second kappa shape index (κ2) is 3.62. The van der Waals surface area contributed by atoms with Crippen LogP contribution in [0.25, 0.3) is 0 Å². The van der Waals surface area contributed by atoms with Crippen LogP contribution in [0.2, 0.25) is 0 Å². The van der Waals surface area contributed by atoms with E-state index < -0.39 is 11.4 Å². The van der Waals surface area contributed by atoms with Crippen LogP contribution in [0.15, 0.2) is 6.20 Å². The summed E-state index contributed by atoms with van der Waals surface area (Å²) >= 11 is 0. The first kappa shape index (κ1) is 10.7. The maximum Gasteiger partial charge on any atom is 0.311 e. The van der Waals surface area contributed by atoms with Crippen molar-refractivity contribution in [3.63, 3.8) is 0 Å². The molecule has 16 heavy (non-hydrogen) atoms. The minimum Gasteiger partial charge on any atom is -0.481 e. The van der Waals surface area contributed by atoms with E-state index in [4.69, 9.17) is 5.11 Å². The molecule has 1 aliphatic rings. The van der Waals surface area contributed by atoms with E-state index in [-0.39, 0.29) is 12.5 Å². The highest BCUT2D eigenvalue weighted by molar-refractivity contribution is 5.95. The molecule has 0 atom stereocenters. The lowest BCUT2D eigenvalue weighted by Crippen LogP contribution is -2.34. The molecule has 0 radical (unpaired) electrons. The number of carbonyl (C=O) groups excluding carboxylic acids is 1. The maximum atomic E-state index is 11.7. The molecule has 3 N–H and O–H groups in total. The first-order valence-electron chi connectivity index (χ1n) is 5.07. The fraction of sp³-hybridized carbons (Fsp3) is 0.500. The Morgan fingerprint density at radius 2 is 2.31 bits per heavy atom. The molecule has 1 aromatic rings. The number of aliphatic carboxylic acids is 1. The molecule has 6 heteroatoms. The highest BCUT2D eigenvalue weighted by Gasteiger charge is 2.50. The number of aromatic amines is 1. The van der Waals surface area contributed by atoms with E-state index in [9.17, 15) is 9.59 Å². The number of hydrogen-bond acceptors (Lipinski definition) is 3. The molecule has 6 nitrogen and oxygen atoms in total. The van der Waals surface area contributed by atoms with Crippen molar-refractivity contribution in [1.82, 2.24) is 15.5 Å². The molecule has 0 spiro atoms. The van der Waals surface area contributed by atoms with Gasteiger partial charge in [0.2, 0.25) is 0 Å². The second-order valence-corrected chi connectivity index (χ2v) is 4.18. The summed E-state index contributed by atoms with van der Waals surface area (Å²) in [4.78, 5) is 22.5. The Bertz CT molecular complexity index is 434. The number of amides is 1. The Balaban J connectivity index is 1.95. The SMILES string of the molecule is Cc1[nH]ncc1C(=O)NCC1(C(=O)O)CC1. The van der Waals surface area contributed by atoms with Gasteiger partial charge in [0.1, 0.15) is 0 Å². The standard InChI is InChI=1S/C10H13N3O3/c1-6-7(4-12-13-6)8(14)11-5-10(2-3-10)9(15)16/h4H,2-3,5H2,1H3,(H,11,14)(H,12,13)(H,15,16). The van der Waals surface area contributed by atoms with Crippen LogP contribution in [0.3, 0.4) is 0 Å². The number of carbonyl (C=O) groups is 2. The minimum absolute atomic E-state index is 0.186. The van der Waals surface area contributed by atoms with E-state index >= 15 is 0 Å². The molecule has 2 rings (SSSR count). The third-order valence-corrected chi connectivity index (χ3v) is 2.97. The molecule has 1 aliphatic carbocycles. The zero-order chi connectivity index (χ0) is 11.8. The van der Waals surface area contributed by atoms with Crippen LogP contribution in [0.5, 0.6) is 0 Å². The smallest absolute Gasteiger partial charge is 0.311 e. The Labute approximate surface area is 92.0 Å². The average Bonchev–Trinajstić information content (AvgIpc) is 2.92. The number of hydrogen-bond donors (Lipinski definition) is 3. The van der Waals surface area contributed by atoms with Gasteiger partial charge in [-0.05, 0) is 19.8 Å². The Hall–Kier alpha value is -1.85. The Morgan fingerprint density at radius 3 is 2.75 bits per heavy atom. The molecule has 1 fully saturated rings. The van der Waals surface area contributed by atoms with Gasteiger partial charge in [-0.2, -0.15) is 5.10 Å². The van der Waals surface area contributed by atoms with Gasteiger partial charge < -0.3 is 10.4 Å². The van der Waals surface area contributed by atoms with Crippen LogP contribution in [-0.4, -0.2) is 33.7 Å². The molecular formula is C10H13N3O3. The van der Waals surface area contributed by atoms with Crippen molar-refractivity contribution in [1.29, 1.82) is 0 Å². The van der Waals surface area contributed by atoms with Crippen molar-refractivity contribution < 1.29 is 14.7 Å². The summed E-state index contributed by atoms with van der Waals surface area (Å²) in [6, 6.07) is 0. The highest BCUT2D eigenvalue weighted by Crippen LogP contribution is 2.45. The molecule has 1 aromatic heterocycles. The average molecular weight is 223 g/mol. The third kappa shape index (κ3) is 1.78. The van der Waals surface area contributed by atoms with Crippen molar-refractivity contribution in [3.8, 4) is 0 Å². The predicted octanol–water partition coefficient (Wildman–Crippen LogP) is 0.313. The van der Waals surface area contributed by atoms with Crippen molar-refractivity contribution in [2.75, 3.05) is 6.54 Å². The zero-order valence-corrected chi connectivity index (χ0v) is 8.91. The van der Waals surface area contributed by atoms with Gasteiger partial charge in [-0.25, -0.2) is 0 Å². The van der Waals surface area contributed by atoms with E-state index in [0.29, 0.717) is 24.1 Å². The van der Waals surface area contributed by atoms with Crippen LogP contribution >= 0.6 is 0 Å². The number of H-pyrrole nitrogens is 1. The molecule has 0 aromatic carbocycles. The summed E-state index contributed by atoms with van der Waals surface area (Å²) in [6.07, 6.45) is 2.70. The Morgan fingerprint density at radius 1 is 1.62 bits per heavy atom. The first-order valence-corrected chi connectivity index (χ1v) is 5.07. The number of aromatic nitrogens is 2. The van der Waals surface area contributed by atoms with Gasteiger partial charge in [-0.3, -0.25) is 14.7 Å². The molecule has 86 valence electrons. The second-order valence-electron chi connectivity index (χ2n) is 4.18. The number of nitrogens with one attached hydrogen (secondary N) is 2. The van der Waals surface area contributed by atoms with Gasteiger partial charge in [-0.1, -0.05) is 0 Å². The monoisotopic (exact) mass is 223 g/mol. The summed E-state index contributed by atoms with van der Waals surface area (Å²) in [6.45, 7) is 1.93.